The van der Waals surface area contributed by atoms with E-state index in [1.165, 1.54) is 0 Å². The molecule has 0 amide bonds. The molecule has 0 saturated carbocycles. The Labute approximate surface area is 104 Å². The molecular formula is C12H16F3N3. The summed E-state index contributed by atoms with van der Waals surface area (Å²) in [5.74, 6) is -0.718. The van der Waals surface area contributed by atoms with Gasteiger partial charge in [0.1, 0.15) is 0 Å². The first-order valence-electron chi connectivity index (χ1n) is 5.84. The molecule has 0 N–H and O–H groups in total. The van der Waals surface area contributed by atoms with Crippen LogP contribution in [-0.4, -0.2) is 29.5 Å². The smallest absolute Gasteiger partial charge is 0.354 e. The van der Waals surface area contributed by atoms with Crippen LogP contribution in [0.15, 0.2) is 12.1 Å². The van der Waals surface area contributed by atoms with Gasteiger partial charge in [0.05, 0.1) is 11.6 Å². The number of aromatic nitrogens is 2. The molecule has 1 saturated heterocycles. The first-order valence-corrected chi connectivity index (χ1v) is 5.84. The summed E-state index contributed by atoms with van der Waals surface area (Å²) in [6.07, 6.45) is -4.10. The average molecular weight is 259 g/mol. The number of hydrogen-bond donors (Lipinski definition) is 0. The molecule has 1 aromatic rings. The van der Waals surface area contributed by atoms with E-state index in [2.05, 4.69) is 10.2 Å². The summed E-state index contributed by atoms with van der Waals surface area (Å²) in [6, 6.07) is 3.56. The first-order chi connectivity index (χ1) is 8.18. The summed E-state index contributed by atoms with van der Waals surface area (Å²) < 4.78 is 37.0. The lowest BCUT2D eigenvalue weighted by Gasteiger charge is -2.40. The summed E-state index contributed by atoms with van der Waals surface area (Å²) in [4.78, 5) is 1.59. The minimum atomic E-state index is -4.10. The fraction of sp³-hybridized carbons (Fsp3) is 0.667. The molecule has 0 aromatic carbocycles. The van der Waals surface area contributed by atoms with Crippen molar-refractivity contribution < 1.29 is 13.2 Å². The zero-order valence-corrected chi connectivity index (χ0v) is 10.6. The van der Waals surface area contributed by atoms with E-state index in [1.54, 1.807) is 11.0 Å². The van der Waals surface area contributed by atoms with Crippen molar-refractivity contribution in [2.24, 2.45) is 5.92 Å². The van der Waals surface area contributed by atoms with Crippen molar-refractivity contribution in [1.29, 1.82) is 0 Å². The molecule has 1 fully saturated rings. The third kappa shape index (κ3) is 2.57. The van der Waals surface area contributed by atoms with Gasteiger partial charge in [0, 0.05) is 18.5 Å². The lowest BCUT2D eigenvalue weighted by molar-refractivity contribution is -0.180. The van der Waals surface area contributed by atoms with Crippen molar-refractivity contribution in [3.05, 3.63) is 17.8 Å². The Kier molecular flexibility index (Phi) is 2.99. The van der Waals surface area contributed by atoms with Crippen LogP contribution in [0.3, 0.4) is 0 Å². The maximum absolute atomic E-state index is 12.3. The van der Waals surface area contributed by atoms with Crippen molar-refractivity contribution in [1.82, 2.24) is 10.2 Å². The van der Waals surface area contributed by atoms with Crippen LogP contribution < -0.4 is 4.90 Å². The van der Waals surface area contributed by atoms with E-state index in [4.69, 9.17) is 0 Å². The van der Waals surface area contributed by atoms with Crippen LogP contribution in [0.1, 0.15) is 26.5 Å². The quantitative estimate of drug-likeness (QED) is 0.776. The molecule has 0 radical (unpaired) electrons. The molecule has 0 aliphatic carbocycles. The number of hydrogen-bond acceptors (Lipinski definition) is 3. The Bertz CT molecular complexity index is 414. The molecule has 18 heavy (non-hydrogen) atoms. The van der Waals surface area contributed by atoms with Crippen molar-refractivity contribution in [2.75, 3.05) is 18.0 Å². The highest BCUT2D eigenvalue weighted by Gasteiger charge is 2.47. The van der Waals surface area contributed by atoms with Crippen molar-refractivity contribution >= 4 is 5.82 Å². The second kappa shape index (κ2) is 4.10. The fourth-order valence-electron chi connectivity index (χ4n) is 1.77. The molecule has 2 heterocycles. The van der Waals surface area contributed by atoms with E-state index in [1.807, 2.05) is 26.8 Å². The van der Waals surface area contributed by atoms with Crippen molar-refractivity contribution in [3.8, 4) is 0 Å². The molecule has 0 atom stereocenters. The predicted octanol–water partition coefficient (Wildman–Crippen LogP) is 2.77. The average Bonchev–Trinajstić information content (AvgIpc) is 2.12. The maximum atomic E-state index is 12.3. The highest BCUT2D eigenvalue weighted by Crippen LogP contribution is 2.35. The van der Waals surface area contributed by atoms with E-state index in [-0.39, 0.29) is 18.5 Å². The molecule has 0 bridgehead atoms. The second-order valence-electron chi connectivity index (χ2n) is 5.67. The van der Waals surface area contributed by atoms with Crippen molar-refractivity contribution in [3.63, 3.8) is 0 Å². The Morgan fingerprint density at radius 3 is 2.11 bits per heavy atom. The third-order valence-electron chi connectivity index (χ3n) is 3.09. The van der Waals surface area contributed by atoms with Gasteiger partial charge < -0.3 is 4.90 Å². The van der Waals surface area contributed by atoms with E-state index >= 15 is 0 Å². The molecule has 1 aromatic heterocycles. The third-order valence-corrected chi connectivity index (χ3v) is 3.09. The van der Waals surface area contributed by atoms with E-state index < -0.39 is 12.1 Å². The lowest BCUT2D eigenvalue weighted by atomic mass is 9.92. The van der Waals surface area contributed by atoms with E-state index in [0.717, 1.165) is 5.69 Å². The van der Waals surface area contributed by atoms with Gasteiger partial charge in [-0.3, -0.25) is 0 Å². The van der Waals surface area contributed by atoms with Crippen LogP contribution in [0, 0.1) is 5.92 Å². The monoisotopic (exact) mass is 259 g/mol. The lowest BCUT2D eigenvalue weighted by Crippen LogP contribution is -2.53. The molecule has 0 unspecified atom stereocenters. The predicted molar refractivity (Wildman–Crippen MR) is 62.5 cm³/mol. The van der Waals surface area contributed by atoms with Gasteiger partial charge in [-0.15, -0.1) is 5.10 Å². The van der Waals surface area contributed by atoms with Gasteiger partial charge in [0.25, 0.3) is 0 Å². The Balaban J connectivity index is 2.01. The van der Waals surface area contributed by atoms with Crippen molar-refractivity contribution in [2.45, 2.75) is 32.4 Å². The molecule has 0 spiro atoms. The number of nitrogens with zero attached hydrogens (tertiary/aromatic N) is 3. The van der Waals surface area contributed by atoms with Gasteiger partial charge in [-0.25, -0.2) is 0 Å². The number of rotatable bonds is 1. The number of anilines is 1. The standard InChI is InChI=1S/C12H16F3N3/c1-11(2,3)9-4-5-10(17-16-9)18-6-8(7-18)12(13,14)15/h4-5,8H,6-7H2,1-3H3. The summed E-state index contributed by atoms with van der Waals surface area (Å²) in [5, 5.41) is 8.06. The SMILES string of the molecule is CC(C)(C)c1ccc(N2CC(C(F)(F)F)C2)nn1. The number of halogens is 3. The van der Waals surface area contributed by atoms with Gasteiger partial charge >= 0.3 is 6.18 Å². The normalized spacial score (nSPS) is 17.8. The molecule has 2 rings (SSSR count). The number of alkyl halides is 3. The summed E-state index contributed by atoms with van der Waals surface area (Å²) in [5.41, 5.74) is 0.730. The van der Waals surface area contributed by atoms with Gasteiger partial charge in [0.15, 0.2) is 5.82 Å². The molecule has 100 valence electrons. The van der Waals surface area contributed by atoms with Gasteiger partial charge in [0.2, 0.25) is 0 Å². The van der Waals surface area contributed by atoms with E-state index in [0.29, 0.717) is 5.82 Å². The van der Waals surface area contributed by atoms with Crippen LogP contribution >= 0.6 is 0 Å². The van der Waals surface area contributed by atoms with Crippen LogP contribution in [0.4, 0.5) is 19.0 Å². The topological polar surface area (TPSA) is 29.0 Å². The summed E-state index contributed by atoms with van der Waals surface area (Å²) >= 11 is 0. The molecule has 3 nitrogen and oxygen atoms in total. The minimum Gasteiger partial charge on any atom is -0.354 e. The first kappa shape index (κ1) is 13.1. The van der Waals surface area contributed by atoms with E-state index in [9.17, 15) is 13.2 Å². The Hall–Kier alpha value is -1.33. The summed E-state index contributed by atoms with van der Waals surface area (Å²) in [7, 11) is 0. The van der Waals surface area contributed by atoms with Crippen LogP contribution in [-0.2, 0) is 5.41 Å². The summed E-state index contributed by atoms with van der Waals surface area (Å²) in [6.45, 7) is 6.00. The molecular weight excluding hydrogens is 243 g/mol. The fourth-order valence-corrected chi connectivity index (χ4v) is 1.77. The zero-order chi connectivity index (χ0) is 13.6. The highest BCUT2D eigenvalue weighted by molar-refractivity contribution is 5.41. The Morgan fingerprint density at radius 1 is 1.11 bits per heavy atom. The molecule has 1 aliphatic heterocycles. The zero-order valence-electron chi connectivity index (χ0n) is 10.6. The van der Waals surface area contributed by atoms with Crippen LogP contribution in [0.5, 0.6) is 0 Å². The maximum Gasteiger partial charge on any atom is 0.395 e. The largest absolute Gasteiger partial charge is 0.395 e. The van der Waals surface area contributed by atoms with Gasteiger partial charge in [-0.1, -0.05) is 20.8 Å². The van der Waals surface area contributed by atoms with Crippen LogP contribution in [0.2, 0.25) is 0 Å². The molecule has 6 heteroatoms. The van der Waals surface area contributed by atoms with Gasteiger partial charge in [-0.05, 0) is 12.1 Å². The highest BCUT2D eigenvalue weighted by atomic mass is 19.4. The Morgan fingerprint density at radius 2 is 1.72 bits per heavy atom. The second-order valence-corrected chi connectivity index (χ2v) is 5.67. The van der Waals surface area contributed by atoms with Gasteiger partial charge in [-0.2, -0.15) is 18.3 Å². The molecule has 1 aliphatic rings. The van der Waals surface area contributed by atoms with Crippen LogP contribution in [0.25, 0.3) is 0 Å². The minimum absolute atomic E-state index is 0.0208.